The van der Waals surface area contributed by atoms with Gasteiger partial charge in [-0.15, -0.1) is 0 Å². The van der Waals surface area contributed by atoms with E-state index in [0.29, 0.717) is 12.2 Å². The molecular formula is C21H25N3O. The first-order valence-corrected chi connectivity index (χ1v) is 8.98. The predicted molar refractivity (Wildman–Crippen MR) is 103 cm³/mol. The van der Waals surface area contributed by atoms with Gasteiger partial charge in [0.25, 0.3) is 5.56 Å². The molecule has 0 bridgehead atoms. The van der Waals surface area contributed by atoms with Crippen molar-refractivity contribution in [2.45, 2.75) is 46.1 Å². The number of nitrogens with zero attached hydrogens (tertiary/aromatic N) is 2. The molecule has 0 saturated heterocycles. The monoisotopic (exact) mass is 335 g/mol. The summed E-state index contributed by atoms with van der Waals surface area (Å²) in [6.07, 6.45) is 4.91. The lowest BCUT2D eigenvalue weighted by atomic mass is 10.1. The highest BCUT2D eigenvalue weighted by molar-refractivity contribution is 5.46. The molecule has 0 radical (unpaired) electrons. The van der Waals surface area contributed by atoms with Gasteiger partial charge in [-0.1, -0.05) is 38.0 Å². The predicted octanol–water partition coefficient (Wildman–Crippen LogP) is 4.35. The molecule has 3 aromatic rings. The molecule has 0 unspecified atom stereocenters. The highest BCUT2D eigenvalue weighted by Gasteiger charge is 2.04. The Hall–Kier alpha value is -2.62. The number of nitrogens with one attached hydrogen (secondary N) is 1. The van der Waals surface area contributed by atoms with E-state index in [9.17, 15) is 4.79 Å². The lowest BCUT2D eigenvalue weighted by Crippen LogP contribution is -2.18. The normalized spacial score (nSPS) is 11.0. The average Bonchev–Trinajstić information content (AvgIpc) is 2.61. The Morgan fingerprint density at radius 2 is 1.88 bits per heavy atom. The van der Waals surface area contributed by atoms with Gasteiger partial charge in [0.1, 0.15) is 5.65 Å². The van der Waals surface area contributed by atoms with E-state index >= 15 is 0 Å². The minimum Gasteiger partial charge on any atom is -0.379 e. The van der Waals surface area contributed by atoms with Gasteiger partial charge in [-0.05, 0) is 49.6 Å². The molecule has 0 aliphatic heterocycles. The molecule has 0 aliphatic carbocycles. The maximum atomic E-state index is 12.3. The fourth-order valence-electron chi connectivity index (χ4n) is 3.02. The number of aromatic nitrogens is 2. The van der Waals surface area contributed by atoms with Crippen LogP contribution in [0.3, 0.4) is 0 Å². The van der Waals surface area contributed by atoms with E-state index in [2.05, 4.69) is 41.5 Å². The number of benzene rings is 1. The molecule has 2 aromatic heterocycles. The second-order valence-corrected chi connectivity index (χ2v) is 6.45. The van der Waals surface area contributed by atoms with Gasteiger partial charge in [-0.2, -0.15) is 0 Å². The largest absolute Gasteiger partial charge is 0.379 e. The summed E-state index contributed by atoms with van der Waals surface area (Å²) in [7, 11) is 0. The Kier molecular flexibility index (Phi) is 5.49. The van der Waals surface area contributed by atoms with Crippen LogP contribution in [0, 0.1) is 6.92 Å². The van der Waals surface area contributed by atoms with E-state index in [1.807, 2.05) is 25.1 Å². The molecule has 4 heteroatoms. The van der Waals surface area contributed by atoms with Crippen molar-refractivity contribution in [3.63, 3.8) is 0 Å². The van der Waals surface area contributed by atoms with Crippen LogP contribution >= 0.6 is 0 Å². The number of fused-ring (bicyclic) bond motifs is 1. The summed E-state index contributed by atoms with van der Waals surface area (Å²) in [5.74, 6) is 0. The molecule has 0 spiro atoms. The first-order chi connectivity index (χ1) is 12.2. The zero-order chi connectivity index (χ0) is 17.6. The number of anilines is 1. The van der Waals surface area contributed by atoms with E-state index in [1.165, 1.54) is 24.8 Å². The maximum Gasteiger partial charge on any atom is 0.258 e. The van der Waals surface area contributed by atoms with Crippen molar-refractivity contribution < 1.29 is 0 Å². The molecular weight excluding hydrogens is 310 g/mol. The highest BCUT2D eigenvalue weighted by Crippen LogP contribution is 2.13. The van der Waals surface area contributed by atoms with Crippen molar-refractivity contribution in [3.8, 4) is 0 Å². The van der Waals surface area contributed by atoms with E-state index in [1.54, 1.807) is 10.5 Å². The average molecular weight is 335 g/mol. The second kappa shape index (κ2) is 7.97. The number of unbranched alkanes of at least 4 members (excludes halogenated alkanes) is 2. The van der Waals surface area contributed by atoms with Crippen LogP contribution < -0.4 is 10.9 Å². The molecule has 1 aromatic carbocycles. The molecule has 130 valence electrons. The minimum atomic E-state index is -0.0360. The van der Waals surface area contributed by atoms with E-state index in [0.717, 1.165) is 23.5 Å². The maximum absolute atomic E-state index is 12.3. The van der Waals surface area contributed by atoms with E-state index in [4.69, 9.17) is 0 Å². The number of rotatable bonds is 7. The quantitative estimate of drug-likeness (QED) is 0.653. The second-order valence-electron chi connectivity index (χ2n) is 6.45. The van der Waals surface area contributed by atoms with Gasteiger partial charge in [0.05, 0.1) is 12.2 Å². The van der Waals surface area contributed by atoms with Gasteiger partial charge >= 0.3 is 0 Å². The van der Waals surface area contributed by atoms with Crippen LogP contribution in [-0.4, -0.2) is 9.38 Å². The summed E-state index contributed by atoms with van der Waals surface area (Å²) >= 11 is 0. The third kappa shape index (κ3) is 4.27. The van der Waals surface area contributed by atoms with Crippen molar-refractivity contribution in [2.75, 3.05) is 5.32 Å². The third-order valence-corrected chi connectivity index (χ3v) is 4.43. The molecule has 25 heavy (non-hydrogen) atoms. The molecule has 0 aliphatic rings. The molecule has 0 saturated carbocycles. The van der Waals surface area contributed by atoms with Gasteiger partial charge in [0.2, 0.25) is 0 Å². The Bertz CT molecular complexity index is 897. The van der Waals surface area contributed by atoms with Gasteiger partial charge in [-0.3, -0.25) is 9.20 Å². The van der Waals surface area contributed by atoms with Crippen molar-refractivity contribution in [2.24, 2.45) is 0 Å². The smallest absolute Gasteiger partial charge is 0.258 e. The highest BCUT2D eigenvalue weighted by atomic mass is 16.1. The summed E-state index contributed by atoms with van der Waals surface area (Å²) in [5, 5.41) is 3.35. The van der Waals surface area contributed by atoms with E-state index < -0.39 is 0 Å². The first kappa shape index (κ1) is 17.2. The Balaban J connectivity index is 1.67. The van der Waals surface area contributed by atoms with Crippen LogP contribution in [0.5, 0.6) is 0 Å². The standard InChI is InChI=1S/C21H25N3O/c1-3-4-5-8-17-10-12-18(13-11-17)22-15-19-14-21(25)24-16(2)7-6-9-20(24)23-19/h6-7,9-14,22H,3-5,8,15H2,1-2H3. The summed E-state index contributed by atoms with van der Waals surface area (Å²) in [4.78, 5) is 16.9. The molecule has 3 rings (SSSR count). The fraction of sp³-hybridized carbons (Fsp3) is 0.333. The number of hydrogen-bond acceptors (Lipinski definition) is 3. The van der Waals surface area contributed by atoms with Crippen molar-refractivity contribution in [1.29, 1.82) is 0 Å². The van der Waals surface area contributed by atoms with Crippen LogP contribution in [0.2, 0.25) is 0 Å². The van der Waals surface area contributed by atoms with Gasteiger partial charge in [-0.25, -0.2) is 4.98 Å². The van der Waals surface area contributed by atoms with Crippen LogP contribution in [0.15, 0.2) is 53.3 Å². The lowest BCUT2D eigenvalue weighted by molar-refractivity contribution is 0.717. The van der Waals surface area contributed by atoms with Crippen LogP contribution in [0.1, 0.15) is 43.1 Å². The van der Waals surface area contributed by atoms with Crippen LogP contribution in [0.25, 0.3) is 5.65 Å². The SMILES string of the molecule is CCCCCc1ccc(NCc2cc(=O)n3c(C)cccc3n2)cc1. The third-order valence-electron chi connectivity index (χ3n) is 4.43. The Labute approximate surface area is 148 Å². The summed E-state index contributed by atoms with van der Waals surface area (Å²) < 4.78 is 1.63. The minimum absolute atomic E-state index is 0.0360. The molecule has 2 heterocycles. The fourth-order valence-corrected chi connectivity index (χ4v) is 3.02. The zero-order valence-electron chi connectivity index (χ0n) is 15.0. The lowest BCUT2D eigenvalue weighted by Gasteiger charge is -2.09. The van der Waals surface area contributed by atoms with Gasteiger partial charge in [0, 0.05) is 17.4 Å². The van der Waals surface area contributed by atoms with Gasteiger partial charge < -0.3 is 5.32 Å². The number of hydrogen-bond donors (Lipinski definition) is 1. The topological polar surface area (TPSA) is 46.4 Å². The van der Waals surface area contributed by atoms with E-state index in [-0.39, 0.29) is 5.56 Å². The van der Waals surface area contributed by atoms with Crippen LogP contribution in [0.4, 0.5) is 5.69 Å². The molecule has 0 atom stereocenters. The Morgan fingerprint density at radius 3 is 2.64 bits per heavy atom. The summed E-state index contributed by atoms with van der Waals surface area (Å²) in [6.45, 7) is 4.67. The molecule has 1 N–H and O–H groups in total. The van der Waals surface area contributed by atoms with Crippen molar-refractivity contribution in [3.05, 3.63) is 75.8 Å². The summed E-state index contributed by atoms with van der Waals surface area (Å²) in [6, 6.07) is 15.8. The molecule has 0 fully saturated rings. The Morgan fingerprint density at radius 1 is 1.08 bits per heavy atom. The first-order valence-electron chi connectivity index (χ1n) is 8.98. The summed E-state index contributed by atoms with van der Waals surface area (Å²) in [5.41, 5.74) is 4.72. The van der Waals surface area contributed by atoms with Crippen LogP contribution in [-0.2, 0) is 13.0 Å². The van der Waals surface area contributed by atoms with Crippen molar-refractivity contribution in [1.82, 2.24) is 9.38 Å². The molecule has 0 amide bonds. The van der Waals surface area contributed by atoms with Crippen molar-refractivity contribution >= 4 is 11.3 Å². The zero-order valence-corrected chi connectivity index (χ0v) is 15.0. The van der Waals surface area contributed by atoms with Gasteiger partial charge in [0.15, 0.2) is 0 Å². The number of pyridine rings is 1. The number of aryl methyl sites for hydroxylation is 2. The molecule has 4 nitrogen and oxygen atoms in total.